The van der Waals surface area contributed by atoms with E-state index in [2.05, 4.69) is 26.8 Å². The third-order valence-corrected chi connectivity index (χ3v) is 10.2. The highest BCUT2D eigenvalue weighted by atomic mass is 31.2. The summed E-state index contributed by atoms with van der Waals surface area (Å²) in [6, 6.07) is 9.71. The normalized spacial score (nSPS) is 12.0. The van der Waals surface area contributed by atoms with E-state index in [0.717, 1.165) is 5.39 Å². The van der Waals surface area contributed by atoms with Crippen molar-refractivity contribution in [1.82, 2.24) is 0 Å². The number of rotatable bonds is 10. The van der Waals surface area contributed by atoms with Crippen LogP contribution in [0, 0.1) is 0 Å². The third kappa shape index (κ3) is 4.47. The van der Waals surface area contributed by atoms with Crippen LogP contribution in [0.15, 0.2) is 30.3 Å². The minimum atomic E-state index is -1.39. The smallest absolute Gasteiger partial charge is 0.112 e. The molecule has 0 aliphatic carbocycles. The van der Waals surface area contributed by atoms with Crippen molar-refractivity contribution in [2.75, 3.05) is 18.5 Å². The summed E-state index contributed by atoms with van der Waals surface area (Å²) >= 11 is 0. The molecule has 2 nitrogen and oxygen atoms in total. The van der Waals surface area contributed by atoms with Crippen molar-refractivity contribution >= 4 is 23.3 Å². The topological polar surface area (TPSA) is 43.3 Å². The molecule has 0 heterocycles. The van der Waals surface area contributed by atoms with E-state index < -0.39 is 7.26 Å². The molecule has 0 unspecified atom stereocenters. The first kappa shape index (κ1) is 20.0. The Morgan fingerprint density at radius 2 is 1.32 bits per heavy atom. The Morgan fingerprint density at radius 1 is 0.840 bits per heavy atom. The van der Waals surface area contributed by atoms with Crippen LogP contribution >= 0.6 is 7.26 Å². The average Bonchev–Trinajstić information content (AvgIpc) is 2.64. The maximum atomic E-state index is 12.4. The van der Waals surface area contributed by atoms with Crippen LogP contribution in [0.1, 0.15) is 59.3 Å². The van der Waals surface area contributed by atoms with Gasteiger partial charge >= 0.3 is 0 Å². The molecular weight excluding hydrogens is 327 g/mol. The molecule has 2 rings (SSSR count). The van der Waals surface area contributed by atoms with Gasteiger partial charge in [0.05, 0.1) is 18.5 Å². The van der Waals surface area contributed by atoms with Gasteiger partial charge in [-0.1, -0.05) is 70.0 Å². The average molecular weight is 360 g/mol. The summed E-state index contributed by atoms with van der Waals surface area (Å²) in [5, 5.41) is 25.8. The van der Waals surface area contributed by atoms with Crippen LogP contribution in [0.25, 0.3) is 10.8 Å². The van der Waals surface area contributed by atoms with E-state index in [1.165, 1.54) is 62.3 Å². The van der Waals surface area contributed by atoms with Gasteiger partial charge in [-0.05, 0) is 24.6 Å². The quantitative estimate of drug-likeness (QED) is 0.555. The number of unbranched alkanes of at least 4 members (excludes halogenated alkanes) is 3. The van der Waals surface area contributed by atoms with Crippen LogP contribution in [-0.2, 0) is 0 Å². The Labute approximate surface area is 153 Å². The van der Waals surface area contributed by atoms with Crippen LogP contribution in [0.5, 0.6) is 11.5 Å². The number of phenols is 1. The highest BCUT2D eigenvalue weighted by Gasteiger charge is 2.40. The van der Waals surface area contributed by atoms with Gasteiger partial charge in [0.25, 0.3) is 0 Å². The number of phenolic OH excluding ortho intramolecular Hbond substituents is 1. The first-order valence-electron chi connectivity index (χ1n) is 9.88. The molecule has 0 atom stereocenters. The molecule has 0 saturated carbocycles. The zero-order chi connectivity index (χ0) is 18.3. The Morgan fingerprint density at radius 3 is 1.80 bits per heavy atom. The zero-order valence-electron chi connectivity index (χ0n) is 16.1. The largest absolute Gasteiger partial charge is 0.870 e. The fraction of sp³-hybridized carbons (Fsp3) is 0.545. The molecule has 2 aromatic carbocycles. The minimum Gasteiger partial charge on any atom is -0.870 e. The van der Waals surface area contributed by atoms with Crippen LogP contribution in [0.4, 0.5) is 0 Å². The van der Waals surface area contributed by atoms with Gasteiger partial charge in [-0.25, -0.2) is 0 Å². The number of fused-ring (bicyclic) bond motifs is 1. The van der Waals surface area contributed by atoms with E-state index in [0.29, 0.717) is 5.39 Å². The molecule has 0 aliphatic rings. The molecule has 0 saturated heterocycles. The van der Waals surface area contributed by atoms with Crippen LogP contribution < -0.4 is 10.4 Å². The minimum absolute atomic E-state index is 0.0671. The SMILES string of the molecule is CCCC[P+](CCCC)(CCCC)c1cc(O)c([O-])c2ccccc12. The van der Waals surface area contributed by atoms with Crippen LogP contribution in [-0.4, -0.2) is 23.6 Å². The second-order valence-corrected chi connectivity index (χ2v) is 11.3. The lowest BCUT2D eigenvalue weighted by Gasteiger charge is -2.30. The van der Waals surface area contributed by atoms with Gasteiger partial charge in [-0.2, -0.15) is 0 Å². The second kappa shape index (κ2) is 9.43. The molecule has 138 valence electrons. The van der Waals surface area contributed by atoms with Crippen molar-refractivity contribution in [3.05, 3.63) is 30.3 Å². The Bertz CT molecular complexity index is 659. The number of hydrogen-bond donors (Lipinski definition) is 1. The monoisotopic (exact) mass is 360 g/mol. The molecule has 25 heavy (non-hydrogen) atoms. The van der Waals surface area contributed by atoms with Crippen molar-refractivity contribution in [3.8, 4) is 11.5 Å². The van der Waals surface area contributed by atoms with Crippen molar-refractivity contribution < 1.29 is 10.2 Å². The molecule has 0 bridgehead atoms. The molecule has 0 fully saturated rings. The van der Waals surface area contributed by atoms with Gasteiger partial charge in [0.2, 0.25) is 0 Å². The van der Waals surface area contributed by atoms with Gasteiger partial charge in [0.15, 0.2) is 0 Å². The molecule has 2 aromatic rings. The molecule has 0 amide bonds. The second-order valence-electron chi connectivity index (χ2n) is 7.17. The van der Waals surface area contributed by atoms with E-state index in [9.17, 15) is 10.2 Å². The Kier molecular flexibility index (Phi) is 7.56. The number of aromatic hydroxyl groups is 1. The lowest BCUT2D eigenvalue weighted by molar-refractivity contribution is -0.267. The molecule has 0 spiro atoms. The highest BCUT2D eigenvalue weighted by Crippen LogP contribution is 2.61. The van der Waals surface area contributed by atoms with Crippen molar-refractivity contribution in [3.63, 3.8) is 0 Å². The van der Waals surface area contributed by atoms with Crippen LogP contribution in [0.3, 0.4) is 0 Å². The standard InChI is InChI=1S/C22H33O2P/c1-4-7-14-25(15-8-5-2,16-9-6-3)21-17-20(23)22(24)19-13-11-10-12-18(19)21/h10-13,17H,4-9,14-16H2,1-3H3,(H-,23,24). The van der Waals surface area contributed by atoms with Gasteiger partial charge < -0.3 is 10.2 Å². The molecule has 3 heteroatoms. The van der Waals surface area contributed by atoms with Gasteiger partial charge in [-0.3, -0.25) is 0 Å². The van der Waals surface area contributed by atoms with E-state index >= 15 is 0 Å². The van der Waals surface area contributed by atoms with Crippen molar-refractivity contribution in [2.45, 2.75) is 59.3 Å². The summed E-state index contributed by atoms with van der Waals surface area (Å²) in [5.74, 6) is -0.290. The molecule has 0 aliphatic heterocycles. The van der Waals surface area contributed by atoms with E-state index in [4.69, 9.17) is 0 Å². The zero-order valence-corrected chi connectivity index (χ0v) is 16.9. The maximum Gasteiger partial charge on any atom is 0.112 e. The molecule has 0 radical (unpaired) electrons. The van der Waals surface area contributed by atoms with E-state index in [1.807, 2.05) is 24.3 Å². The summed E-state index contributed by atoms with van der Waals surface area (Å²) in [7, 11) is -1.39. The van der Waals surface area contributed by atoms with Gasteiger partial charge in [0.1, 0.15) is 11.1 Å². The fourth-order valence-electron chi connectivity index (χ4n) is 3.79. The summed E-state index contributed by atoms with van der Waals surface area (Å²) in [6.45, 7) is 6.76. The first-order chi connectivity index (χ1) is 12.1. The van der Waals surface area contributed by atoms with E-state index in [-0.39, 0.29) is 11.5 Å². The summed E-state index contributed by atoms with van der Waals surface area (Å²) < 4.78 is 0. The Balaban J connectivity index is 2.65. The summed E-state index contributed by atoms with van der Waals surface area (Å²) in [5.41, 5.74) is 0. The lowest BCUT2D eigenvalue weighted by Crippen LogP contribution is -2.22. The summed E-state index contributed by atoms with van der Waals surface area (Å²) in [6.07, 6.45) is 11.0. The van der Waals surface area contributed by atoms with Crippen molar-refractivity contribution in [2.24, 2.45) is 0 Å². The number of benzene rings is 2. The first-order valence-corrected chi connectivity index (χ1v) is 12.2. The summed E-state index contributed by atoms with van der Waals surface area (Å²) in [4.78, 5) is 0. The molecule has 0 aromatic heterocycles. The maximum absolute atomic E-state index is 12.4. The van der Waals surface area contributed by atoms with Gasteiger partial charge in [-0.15, -0.1) is 0 Å². The fourth-order valence-corrected chi connectivity index (χ4v) is 9.05. The predicted molar refractivity (Wildman–Crippen MR) is 111 cm³/mol. The highest BCUT2D eigenvalue weighted by molar-refractivity contribution is 7.83. The molecular formula is C22H33O2P. The third-order valence-electron chi connectivity index (χ3n) is 5.28. The predicted octanol–water partition coefficient (Wildman–Crippen LogP) is 5.66. The molecule has 1 N–H and O–H groups in total. The Hall–Kier alpha value is -1.27. The van der Waals surface area contributed by atoms with Crippen molar-refractivity contribution in [1.29, 1.82) is 0 Å². The van der Waals surface area contributed by atoms with Gasteiger partial charge in [0, 0.05) is 18.7 Å². The van der Waals surface area contributed by atoms with Crippen LogP contribution in [0.2, 0.25) is 0 Å². The number of hydrogen-bond acceptors (Lipinski definition) is 2. The lowest BCUT2D eigenvalue weighted by atomic mass is 10.1. The van der Waals surface area contributed by atoms with E-state index in [1.54, 1.807) is 0 Å².